The zero-order valence-electron chi connectivity index (χ0n) is 9.01. The summed E-state index contributed by atoms with van der Waals surface area (Å²) in [6.45, 7) is 6.71. The van der Waals surface area contributed by atoms with Gasteiger partial charge in [-0.05, 0) is 19.3 Å². The number of rotatable bonds is 7. The minimum absolute atomic E-state index is 0.0923. The van der Waals surface area contributed by atoms with Crippen molar-refractivity contribution in [1.29, 1.82) is 0 Å². The van der Waals surface area contributed by atoms with Crippen LogP contribution >= 0.6 is 0 Å². The van der Waals surface area contributed by atoms with Crippen LogP contribution in [-0.2, 0) is 0 Å². The Morgan fingerprint density at radius 1 is 1.23 bits per heavy atom. The Morgan fingerprint density at radius 3 is 2.08 bits per heavy atom. The van der Waals surface area contributed by atoms with Gasteiger partial charge in [0.25, 0.3) is 0 Å². The van der Waals surface area contributed by atoms with Gasteiger partial charge in [0.2, 0.25) is 0 Å². The average Bonchev–Trinajstić information content (AvgIpc) is 2.18. The highest BCUT2D eigenvalue weighted by Gasteiger charge is 2.31. The molecule has 0 bridgehead atoms. The maximum Gasteiger partial charge on any atom is 0.0794 e. The number of nitrogens with one attached hydrogen (secondary N) is 1. The van der Waals surface area contributed by atoms with Crippen molar-refractivity contribution in [1.82, 2.24) is 5.32 Å². The molecule has 0 heterocycles. The molecule has 3 N–H and O–H groups in total. The van der Waals surface area contributed by atoms with Gasteiger partial charge in [0, 0.05) is 12.6 Å². The van der Waals surface area contributed by atoms with Crippen molar-refractivity contribution in [2.75, 3.05) is 13.2 Å². The lowest BCUT2D eigenvalue weighted by molar-refractivity contribution is -0.00816. The van der Waals surface area contributed by atoms with Gasteiger partial charge in [-0.1, -0.05) is 20.8 Å². The molecule has 80 valence electrons. The van der Waals surface area contributed by atoms with Gasteiger partial charge < -0.3 is 15.5 Å². The van der Waals surface area contributed by atoms with E-state index in [4.69, 9.17) is 5.11 Å². The predicted octanol–water partition coefficient (Wildman–Crippen LogP) is 0.898. The van der Waals surface area contributed by atoms with E-state index in [2.05, 4.69) is 5.32 Å². The molecule has 0 saturated carbocycles. The second kappa shape index (κ2) is 6.35. The van der Waals surface area contributed by atoms with Gasteiger partial charge in [0.1, 0.15) is 0 Å². The van der Waals surface area contributed by atoms with Crippen LogP contribution in [0.4, 0.5) is 0 Å². The lowest BCUT2D eigenvalue weighted by Crippen LogP contribution is -2.50. The van der Waals surface area contributed by atoms with Gasteiger partial charge in [0.15, 0.2) is 0 Å². The normalized spacial score (nSPS) is 14.5. The van der Waals surface area contributed by atoms with Gasteiger partial charge in [-0.3, -0.25) is 0 Å². The maximum absolute atomic E-state index is 10.2. The van der Waals surface area contributed by atoms with Crippen molar-refractivity contribution in [3.63, 3.8) is 0 Å². The summed E-state index contributed by atoms with van der Waals surface area (Å²) in [6, 6.07) is 0.0923. The third kappa shape index (κ3) is 3.63. The lowest BCUT2D eigenvalue weighted by Gasteiger charge is -2.34. The van der Waals surface area contributed by atoms with Crippen LogP contribution in [0.2, 0.25) is 0 Å². The first-order valence-electron chi connectivity index (χ1n) is 5.21. The fourth-order valence-electron chi connectivity index (χ4n) is 1.70. The first-order valence-corrected chi connectivity index (χ1v) is 5.21. The molecular formula is C10H23NO2. The van der Waals surface area contributed by atoms with Crippen LogP contribution in [0, 0.1) is 0 Å². The maximum atomic E-state index is 10.2. The Labute approximate surface area is 81.2 Å². The van der Waals surface area contributed by atoms with Crippen LogP contribution in [0.1, 0.15) is 40.0 Å². The zero-order valence-corrected chi connectivity index (χ0v) is 9.01. The summed E-state index contributed by atoms with van der Waals surface area (Å²) >= 11 is 0. The molecule has 0 amide bonds. The van der Waals surface area contributed by atoms with Gasteiger partial charge in [-0.2, -0.15) is 0 Å². The summed E-state index contributed by atoms with van der Waals surface area (Å²) in [5.74, 6) is 0. The van der Waals surface area contributed by atoms with Gasteiger partial charge in [-0.15, -0.1) is 0 Å². The van der Waals surface area contributed by atoms with E-state index in [1.54, 1.807) is 0 Å². The van der Waals surface area contributed by atoms with E-state index in [1.807, 2.05) is 20.8 Å². The topological polar surface area (TPSA) is 52.5 Å². The number of aliphatic hydroxyl groups excluding tert-OH is 1. The molecule has 0 spiro atoms. The van der Waals surface area contributed by atoms with E-state index >= 15 is 0 Å². The highest BCUT2D eigenvalue weighted by molar-refractivity contribution is 4.88. The van der Waals surface area contributed by atoms with Gasteiger partial charge >= 0.3 is 0 Å². The zero-order chi connectivity index (χ0) is 10.3. The van der Waals surface area contributed by atoms with Gasteiger partial charge in [-0.25, -0.2) is 0 Å². The number of aliphatic hydroxyl groups is 2. The number of hydrogen-bond donors (Lipinski definition) is 3. The Kier molecular flexibility index (Phi) is 6.29. The molecule has 0 aromatic rings. The standard InChI is InChI=1S/C10H23NO2/c1-4-9(11-7-8-12)10(13,5-2)6-3/h9,11-13H,4-8H2,1-3H3. The monoisotopic (exact) mass is 189 g/mol. The van der Waals surface area contributed by atoms with Crippen molar-refractivity contribution in [2.45, 2.75) is 51.7 Å². The van der Waals surface area contributed by atoms with Crippen molar-refractivity contribution in [3.8, 4) is 0 Å². The molecule has 0 radical (unpaired) electrons. The molecule has 3 nitrogen and oxygen atoms in total. The Hall–Kier alpha value is -0.120. The third-order valence-corrected chi connectivity index (χ3v) is 2.78. The molecule has 0 aliphatic carbocycles. The Bertz CT molecular complexity index is 124. The van der Waals surface area contributed by atoms with Crippen LogP contribution in [0.25, 0.3) is 0 Å². The second-order valence-electron chi connectivity index (χ2n) is 3.45. The molecule has 0 aliphatic rings. The van der Waals surface area contributed by atoms with Crippen LogP contribution in [0.5, 0.6) is 0 Å². The fraction of sp³-hybridized carbons (Fsp3) is 1.00. The summed E-state index contributed by atoms with van der Waals surface area (Å²) in [5, 5.41) is 22.0. The molecule has 1 unspecified atom stereocenters. The summed E-state index contributed by atoms with van der Waals surface area (Å²) < 4.78 is 0. The highest BCUT2D eigenvalue weighted by atomic mass is 16.3. The van der Waals surface area contributed by atoms with E-state index in [-0.39, 0.29) is 12.6 Å². The molecule has 0 aliphatic heterocycles. The molecule has 3 heteroatoms. The molecule has 13 heavy (non-hydrogen) atoms. The van der Waals surface area contributed by atoms with Crippen molar-refractivity contribution >= 4 is 0 Å². The Balaban J connectivity index is 4.16. The molecule has 0 aromatic carbocycles. The predicted molar refractivity (Wildman–Crippen MR) is 54.7 cm³/mol. The summed E-state index contributed by atoms with van der Waals surface area (Å²) in [4.78, 5) is 0. The summed E-state index contributed by atoms with van der Waals surface area (Å²) in [7, 11) is 0. The van der Waals surface area contributed by atoms with E-state index in [9.17, 15) is 5.11 Å². The van der Waals surface area contributed by atoms with E-state index in [1.165, 1.54) is 0 Å². The molecule has 0 saturated heterocycles. The minimum Gasteiger partial charge on any atom is -0.395 e. The van der Waals surface area contributed by atoms with E-state index in [0.717, 1.165) is 19.3 Å². The summed E-state index contributed by atoms with van der Waals surface area (Å²) in [5.41, 5.74) is -0.621. The Morgan fingerprint density at radius 2 is 1.77 bits per heavy atom. The molecule has 0 fully saturated rings. The van der Waals surface area contributed by atoms with Crippen LogP contribution in [-0.4, -0.2) is 35.0 Å². The number of hydrogen-bond acceptors (Lipinski definition) is 3. The van der Waals surface area contributed by atoms with E-state index in [0.29, 0.717) is 6.54 Å². The first-order chi connectivity index (χ1) is 6.14. The average molecular weight is 189 g/mol. The smallest absolute Gasteiger partial charge is 0.0794 e. The van der Waals surface area contributed by atoms with E-state index < -0.39 is 5.60 Å². The van der Waals surface area contributed by atoms with Crippen molar-refractivity contribution in [3.05, 3.63) is 0 Å². The van der Waals surface area contributed by atoms with Crippen molar-refractivity contribution < 1.29 is 10.2 Å². The summed E-state index contributed by atoms with van der Waals surface area (Å²) in [6.07, 6.45) is 2.39. The highest BCUT2D eigenvalue weighted by Crippen LogP contribution is 2.21. The molecule has 0 aromatic heterocycles. The lowest BCUT2D eigenvalue weighted by atomic mass is 9.87. The molecule has 1 atom stereocenters. The second-order valence-corrected chi connectivity index (χ2v) is 3.45. The third-order valence-electron chi connectivity index (χ3n) is 2.78. The molecular weight excluding hydrogens is 166 g/mol. The minimum atomic E-state index is -0.621. The van der Waals surface area contributed by atoms with Crippen LogP contribution in [0.3, 0.4) is 0 Å². The van der Waals surface area contributed by atoms with Crippen LogP contribution in [0.15, 0.2) is 0 Å². The largest absolute Gasteiger partial charge is 0.395 e. The first kappa shape index (κ1) is 12.9. The fourth-order valence-corrected chi connectivity index (χ4v) is 1.70. The van der Waals surface area contributed by atoms with Crippen molar-refractivity contribution in [2.24, 2.45) is 0 Å². The molecule has 0 rings (SSSR count). The van der Waals surface area contributed by atoms with Crippen LogP contribution < -0.4 is 5.32 Å². The quantitative estimate of drug-likeness (QED) is 0.557. The SMILES string of the molecule is CCC(NCCO)C(O)(CC)CC. The van der Waals surface area contributed by atoms with Gasteiger partial charge in [0.05, 0.1) is 12.2 Å².